The number of nitrogens with zero attached hydrogens (tertiary/aromatic N) is 1. The van der Waals surface area contributed by atoms with Crippen LogP contribution in [0.3, 0.4) is 0 Å². The predicted molar refractivity (Wildman–Crippen MR) is 101 cm³/mol. The Labute approximate surface area is 156 Å². The first-order valence-corrected chi connectivity index (χ1v) is 9.67. The highest BCUT2D eigenvalue weighted by Gasteiger charge is 2.26. The summed E-state index contributed by atoms with van der Waals surface area (Å²) in [5.41, 5.74) is 2.04. The molecule has 0 spiro atoms. The number of esters is 1. The van der Waals surface area contributed by atoms with Crippen molar-refractivity contribution in [3.63, 3.8) is 0 Å². The Balaban J connectivity index is 2.00. The van der Waals surface area contributed by atoms with Crippen LogP contribution in [0.5, 0.6) is 5.75 Å². The minimum absolute atomic E-state index is 0.00498. The van der Waals surface area contributed by atoms with E-state index in [0.29, 0.717) is 13.2 Å². The van der Waals surface area contributed by atoms with Gasteiger partial charge in [-0.1, -0.05) is 37.5 Å². The van der Waals surface area contributed by atoms with Crippen molar-refractivity contribution in [1.29, 1.82) is 0 Å². The van der Waals surface area contributed by atoms with Gasteiger partial charge < -0.3 is 14.4 Å². The highest BCUT2D eigenvalue weighted by Crippen LogP contribution is 2.25. The summed E-state index contributed by atoms with van der Waals surface area (Å²) in [7, 11) is 0. The zero-order valence-corrected chi connectivity index (χ0v) is 16.3. The van der Waals surface area contributed by atoms with Gasteiger partial charge in [-0.3, -0.25) is 9.59 Å². The number of amides is 1. The van der Waals surface area contributed by atoms with Crippen molar-refractivity contribution in [2.24, 2.45) is 0 Å². The summed E-state index contributed by atoms with van der Waals surface area (Å²) in [5.74, 6) is 0.468. The molecule has 1 aromatic carbocycles. The Morgan fingerprint density at radius 1 is 1.12 bits per heavy atom. The molecule has 0 unspecified atom stereocenters. The molecule has 0 saturated heterocycles. The van der Waals surface area contributed by atoms with Crippen molar-refractivity contribution in [2.45, 2.75) is 65.3 Å². The molecule has 2 rings (SSSR count). The minimum atomic E-state index is -0.253. The van der Waals surface area contributed by atoms with E-state index in [9.17, 15) is 9.59 Å². The van der Waals surface area contributed by atoms with E-state index in [2.05, 4.69) is 0 Å². The van der Waals surface area contributed by atoms with E-state index in [-0.39, 0.29) is 30.9 Å². The number of benzene rings is 1. The van der Waals surface area contributed by atoms with Crippen LogP contribution in [0.1, 0.15) is 56.6 Å². The molecule has 1 saturated carbocycles. The number of hydrogen-bond acceptors (Lipinski definition) is 4. The average Bonchev–Trinajstić information content (AvgIpc) is 2.62. The van der Waals surface area contributed by atoms with E-state index in [1.807, 2.05) is 36.9 Å². The van der Waals surface area contributed by atoms with Crippen LogP contribution in [0.25, 0.3) is 0 Å². The zero-order chi connectivity index (χ0) is 18.9. The van der Waals surface area contributed by atoms with E-state index in [1.54, 1.807) is 6.92 Å². The van der Waals surface area contributed by atoms with E-state index in [0.717, 1.165) is 42.6 Å². The first kappa shape index (κ1) is 20.3. The molecule has 0 aliphatic heterocycles. The molecule has 1 amide bonds. The smallest absolute Gasteiger partial charge is 0.307 e. The molecule has 144 valence electrons. The molecule has 1 aromatic rings. The predicted octanol–water partition coefficient (Wildman–Crippen LogP) is 3.80. The lowest BCUT2D eigenvalue weighted by molar-refractivity contribution is -0.145. The Morgan fingerprint density at radius 3 is 2.38 bits per heavy atom. The summed E-state index contributed by atoms with van der Waals surface area (Å²) in [6, 6.07) is 6.14. The van der Waals surface area contributed by atoms with Crippen LogP contribution in [0.2, 0.25) is 0 Å². The second-order valence-corrected chi connectivity index (χ2v) is 6.94. The van der Waals surface area contributed by atoms with Gasteiger partial charge in [0.1, 0.15) is 5.75 Å². The first-order chi connectivity index (χ1) is 12.5. The third-order valence-corrected chi connectivity index (χ3v) is 4.95. The van der Waals surface area contributed by atoms with Gasteiger partial charge in [-0.25, -0.2) is 0 Å². The Kier molecular flexibility index (Phi) is 7.95. The SMILES string of the molecule is CCOC(=O)CCN(C(=O)COc1c(C)cccc1C)C1CCCCC1. The first-order valence-electron chi connectivity index (χ1n) is 9.67. The van der Waals surface area contributed by atoms with Gasteiger partial charge in [0.2, 0.25) is 0 Å². The van der Waals surface area contributed by atoms with Gasteiger partial charge >= 0.3 is 5.97 Å². The Hall–Kier alpha value is -2.04. The molecule has 1 aliphatic rings. The molecule has 0 bridgehead atoms. The molecule has 1 fully saturated rings. The Morgan fingerprint density at radius 2 is 1.77 bits per heavy atom. The van der Waals surface area contributed by atoms with Crippen LogP contribution in [-0.2, 0) is 14.3 Å². The lowest BCUT2D eigenvalue weighted by Crippen LogP contribution is -2.45. The zero-order valence-electron chi connectivity index (χ0n) is 16.3. The fraction of sp³-hybridized carbons (Fsp3) is 0.619. The normalized spacial score (nSPS) is 14.7. The fourth-order valence-corrected chi connectivity index (χ4v) is 3.59. The number of carbonyl (C=O) groups excluding carboxylic acids is 2. The lowest BCUT2D eigenvalue weighted by atomic mass is 9.94. The monoisotopic (exact) mass is 361 g/mol. The van der Waals surface area contributed by atoms with Crippen LogP contribution in [0, 0.1) is 13.8 Å². The van der Waals surface area contributed by atoms with Gasteiger partial charge in [-0.2, -0.15) is 0 Å². The maximum Gasteiger partial charge on any atom is 0.307 e. The van der Waals surface area contributed by atoms with Crippen molar-refractivity contribution in [1.82, 2.24) is 4.90 Å². The van der Waals surface area contributed by atoms with Crippen LogP contribution >= 0.6 is 0 Å². The summed E-state index contributed by atoms with van der Waals surface area (Å²) >= 11 is 0. The molecule has 0 radical (unpaired) electrons. The van der Waals surface area contributed by atoms with Crippen LogP contribution in [-0.4, -0.2) is 42.6 Å². The van der Waals surface area contributed by atoms with Gasteiger partial charge in [0.05, 0.1) is 13.0 Å². The topological polar surface area (TPSA) is 55.8 Å². The highest BCUT2D eigenvalue weighted by atomic mass is 16.5. The average molecular weight is 361 g/mol. The molecular weight excluding hydrogens is 330 g/mol. The van der Waals surface area contributed by atoms with Gasteiger partial charge in [0, 0.05) is 12.6 Å². The quantitative estimate of drug-likeness (QED) is 0.661. The number of para-hydroxylation sites is 1. The van der Waals surface area contributed by atoms with Gasteiger partial charge in [0.25, 0.3) is 5.91 Å². The summed E-state index contributed by atoms with van der Waals surface area (Å²) in [6.07, 6.45) is 5.71. The molecule has 5 nitrogen and oxygen atoms in total. The third kappa shape index (κ3) is 5.75. The second kappa shape index (κ2) is 10.2. The van der Waals surface area contributed by atoms with E-state index >= 15 is 0 Å². The molecule has 0 aromatic heterocycles. The molecule has 0 atom stereocenters. The molecule has 0 heterocycles. The number of hydrogen-bond donors (Lipinski definition) is 0. The second-order valence-electron chi connectivity index (χ2n) is 6.94. The third-order valence-electron chi connectivity index (χ3n) is 4.95. The molecule has 0 N–H and O–H groups in total. The highest BCUT2D eigenvalue weighted by molar-refractivity contribution is 5.79. The van der Waals surface area contributed by atoms with Crippen LogP contribution in [0.15, 0.2) is 18.2 Å². The largest absolute Gasteiger partial charge is 0.483 e. The van der Waals surface area contributed by atoms with Crippen molar-refractivity contribution in [2.75, 3.05) is 19.8 Å². The van der Waals surface area contributed by atoms with Crippen molar-refractivity contribution in [3.8, 4) is 5.75 Å². The summed E-state index contributed by atoms with van der Waals surface area (Å²) in [6.45, 7) is 6.52. The van der Waals surface area contributed by atoms with Gasteiger partial charge in [-0.15, -0.1) is 0 Å². The van der Waals surface area contributed by atoms with Crippen LogP contribution < -0.4 is 4.74 Å². The standard InChI is InChI=1S/C21H31NO4/c1-4-25-20(24)13-14-22(18-11-6-5-7-12-18)19(23)15-26-21-16(2)9-8-10-17(21)3/h8-10,18H,4-7,11-15H2,1-3H3. The van der Waals surface area contributed by atoms with Gasteiger partial charge in [0.15, 0.2) is 6.61 Å². The lowest BCUT2D eigenvalue weighted by Gasteiger charge is -2.34. The maximum atomic E-state index is 12.9. The van der Waals surface area contributed by atoms with E-state index in [1.165, 1.54) is 6.42 Å². The number of ether oxygens (including phenoxy) is 2. The van der Waals surface area contributed by atoms with E-state index < -0.39 is 0 Å². The van der Waals surface area contributed by atoms with Crippen molar-refractivity contribution in [3.05, 3.63) is 29.3 Å². The fourth-order valence-electron chi connectivity index (χ4n) is 3.59. The molecule has 26 heavy (non-hydrogen) atoms. The summed E-state index contributed by atoms with van der Waals surface area (Å²) in [5, 5.41) is 0. The Bertz CT molecular complexity index is 588. The van der Waals surface area contributed by atoms with Crippen molar-refractivity contribution < 1.29 is 19.1 Å². The minimum Gasteiger partial charge on any atom is -0.483 e. The maximum absolute atomic E-state index is 12.9. The summed E-state index contributed by atoms with van der Waals surface area (Å²) in [4.78, 5) is 26.4. The van der Waals surface area contributed by atoms with Crippen LogP contribution in [0.4, 0.5) is 0 Å². The molecular formula is C21H31NO4. The van der Waals surface area contributed by atoms with Gasteiger partial charge in [-0.05, 0) is 44.7 Å². The molecule has 1 aliphatic carbocycles. The molecule has 5 heteroatoms. The van der Waals surface area contributed by atoms with E-state index in [4.69, 9.17) is 9.47 Å². The van der Waals surface area contributed by atoms with Crippen molar-refractivity contribution >= 4 is 11.9 Å². The number of rotatable bonds is 8. The summed E-state index contributed by atoms with van der Waals surface area (Å²) < 4.78 is 10.9. The number of carbonyl (C=O) groups is 2. The number of aryl methyl sites for hydroxylation is 2.